The number of hydrogen-bond acceptors (Lipinski definition) is 2. The van der Waals surface area contributed by atoms with Gasteiger partial charge in [-0.25, -0.2) is 8.78 Å². The molecule has 1 aliphatic heterocycles. The van der Waals surface area contributed by atoms with Crippen molar-refractivity contribution in [3.05, 3.63) is 76.3 Å². The van der Waals surface area contributed by atoms with Crippen LogP contribution in [-0.2, 0) is 6.18 Å². The van der Waals surface area contributed by atoms with Gasteiger partial charge in [0.2, 0.25) is 0 Å². The Balaban J connectivity index is 1.91. The van der Waals surface area contributed by atoms with Gasteiger partial charge in [-0.15, -0.1) is 11.8 Å². The number of nitrogens with zero attached hydrogens (tertiary/aromatic N) is 1. The molecule has 0 N–H and O–H groups in total. The minimum Gasteiger partial charge on any atom is -0.344 e. The Hall–Kier alpha value is -2.02. The van der Waals surface area contributed by atoms with Crippen LogP contribution in [-0.4, -0.2) is 12.8 Å². The largest absolute Gasteiger partial charge is 0.416 e. The van der Waals surface area contributed by atoms with Crippen molar-refractivity contribution in [1.29, 1.82) is 0 Å². The number of anilines is 1. The number of thioether (sulfide) groups is 1. The van der Waals surface area contributed by atoms with Gasteiger partial charge in [-0.05, 0) is 42.5 Å². The molecule has 1 aliphatic rings. The number of hydrogen-bond donors (Lipinski definition) is 0. The third kappa shape index (κ3) is 3.87. The highest BCUT2D eigenvalue weighted by Crippen LogP contribution is 2.38. The average molecular weight is 385 g/mol. The first-order valence-electron chi connectivity index (χ1n) is 7.92. The van der Waals surface area contributed by atoms with Crippen molar-refractivity contribution in [3.63, 3.8) is 0 Å². The molecular formula is C19H16F5NS. The molecule has 2 aromatic rings. The van der Waals surface area contributed by atoms with Crippen molar-refractivity contribution in [3.8, 4) is 0 Å². The minimum atomic E-state index is -4.38. The molecule has 7 heteroatoms. The van der Waals surface area contributed by atoms with Crippen LogP contribution in [0.25, 0.3) is 0 Å². The van der Waals surface area contributed by atoms with Crippen LogP contribution in [0.1, 0.15) is 23.5 Å². The maximum Gasteiger partial charge on any atom is 0.416 e. The monoisotopic (exact) mass is 385 g/mol. The van der Waals surface area contributed by atoms with Crippen LogP contribution in [0.3, 0.4) is 0 Å². The maximum absolute atomic E-state index is 14.2. The summed E-state index contributed by atoms with van der Waals surface area (Å²) in [4.78, 5) is 2.57. The summed E-state index contributed by atoms with van der Waals surface area (Å²) < 4.78 is 65.9. The molecule has 0 saturated heterocycles. The first-order valence-corrected chi connectivity index (χ1v) is 9.14. The molecule has 138 valence electrons. The van der Waals surface area contributed by atoms with Crippen LogP contribution in [0.15, 0.2) is 53.6 Å². The molecule has 0 fully saturated rings. The van der Waals surface area contributed by atoms with Crippen molar-refractivity contribution in [1.82, 2.24) is 0 Å². The Morgan fingerprint density at radius 3 is 2.35 bits per heavy atom. The summed E-state index contributed by atoms with van der Waals surface area (Å²) in [5.74, 6) is -1.98. The summed E-state index contributed by atoms with van der Waals surface area (Å²) in [6, 6.07) is 8.99. The Morgan fingerprint density at radius 2 is 1.73 bits per heavy atom. The smallest absolute Gasteiger partial charge is 0.344 e. The molecule has 0 aromatic heterocycles. The molecule has 2 aromatic carbocycles. The predicted octanol–water partition coefficient (Wildman–Crippen LogP) is 6.18. The number of allylic oxidation sites excluding steroid dienone is 1. The standard InChI is InChI=1S/C19H16F5NS/c1-26-15-9-13(12-5-7-14(8-6-12)19(22,23)24)10-25(11-15)17-4-2-3-16(20)18(17)21/h2-8,11,13H,9-10H2,1H3. The zero-order chi connectivity index (χ0) is 18.9. The summed E-state index contributed by atoms with van der Waals surface area (Å²) in [6.07, 6.45) is -0.101. The van der Waals surface area contributed by atoms with Crippen molar-refractivity contribution in [2.75, 3.05) is 17.7 Å². The Morgan fingerprint density at radius 1 is 1.04 bits per heavy atom. The van der Waals surface area contributed by atoms with E-state index in [4.69, 9.17) is 0 Å². The first kappa shape index (κ1) is 18.8. The molecule has 1 heterocycles. The summed E-state index contributed by atoms with van der Waals surface area (Å²) >= 11 is 1.48. The quantitative estimate of drug-likeness (QED) is 0.580. The highest BCUT2D eigenvalue weighted by molar-refractivity contribution is 8.02. The van der Waals surface area contributed by atoms with Gasteiger partial charge in [0.05, 0.1) is 11.3 Å². The second-order valence-electron chi connectivity index (χ2n) is 6.05. The van der Waals surface area contributed by atoms with Crippen LogP contribution in [0.2, 0.25) is 0 Å². The molecule has 0 amide bonds. The molecule has 26 heavy (non-hydrogen) atoms. The molecule has 3 rings (SSSR count). The van der Waals surface area contributed by atoms with Crippen molar-refractivity contribution in [2.45, 2.75) is 18.5 Å². The van der Waals surface area contributed by atoms with E-state index in [-0.39, 0.29) is 11.6 Å². The number of halogens is 5. The van der Waals surface area contributed by atoms with Crippen molar-refractivity contribution in [2.24, 2.45) is 0 Å². The van der Waals surface area contributed by atoms with E-state index in [0.717, 1.165) is 28.7 Å². The van der Waals surface area contributed by atoms with Gasteiger partial charge in [-0.3, -0.25) is 0 Å². The third-order valence-electron chi connectivity index (χ3n) is 4.38. The zero-order valence-corrected chi connectivity index (χ0v) is 14.7. The van der Waals surface area contributed by atoms with E-state index in [1.165, 1.54) is 36.0 Å². The van der Waals surface area contributed by atoms with Crippen LogP contribution in [0.5, 0.6) is 0 Å². The number of rotatable bonds is 3. The fourth-order valence-corrected chi connectivity index (χ4v) is 3.61. The van der Waals surface area contributed by atoms with E-state index < -0.39 is 23.4 Å². The molecule has 0 radical (unpaired) electrons. The molecule has 0 aliphatic carbocycles. The summed E-state index contributed by atoms with van der Waals surface area (Å²) in [6.45, 7) is 0.357. The van der Waals surface area contributed by atoms with Crippen LogP contribution >= 0.6 is 11.8 Å². The van der Waals surface area contributed by atoms with Gasteiger partial charge in [0.15, 0.2) is 11.6 Å². The minimum absolute atomic E-state index is 0.118. The predicted molar refractivity (Wildman–Crippen MR) is 94.1 cm³/mol. The highest BCUT2D eigenvalue weighted by atomic mass is 32.2. The lowest BCUT2D eigenvalue weighted by Gasteiger charge is -2.33. The zero-order valence-electron chi connectivity index (χ0n) is 13.9. The van der Waals surface area contributed by atoms with Gasteiger partial charge in [-0.2, -0.15) is 13.2 Å². The molecular weight excluding hydrogens is 369 g/mol. The summed E-state index contributed by atoms with van der Waals surface area (Å²) in [5.41, 5.74) is 0.151. The normalized spacial score (nSPS) is 18.0. The Kier molecular flexibility index (Phi) is 5.27. The summed E-state index contributed by atoms with van der Waals surface area (Å²) in [5, 5.41) is 0. The van der Waals surface area contributed by atoms with E-state index in [2.05, 4.69) is 0 Å². The van der Waals surface area contributed by atoms with Crippen LogP contribution < -0.4 is 4.90 Å². The maximum atomic E-state index is 14.2. The van der Waals surface area contributed by atoms with Gasteiger partial charge < -0.3 is 4.90 Å². The lowest BCUT2D eigenvalue weighted by atomic mass is 9.92. The van der Waals surface area contributed by atoms with E-state index in [1.807, 2.05) is 6.26 Å². The number of alkyl halides is 3. The van der Waals surface area contributed by atoms with E-state index >= 15 is 0 Å². The Labute approximate surface area is 152 Å². The fourth-order valence-electron chi connectivity index (χ4n) is 3.01. The lowest BCUT2D eigenvalue weighted by molar-refractivity contribution is -0.137. The van der Waals surface area contributed by atoms with E-state index in [0.29, 0.717) is 13.0 Å². The second-order valence-corrected chi connectivity index (χ2v) is 6.98. The molecule has 1 unspecified atom stereocenters. The average Bonchev–Trinajstić information content (AvgIpc) is 2.63. The van der Waals surface area contributed by atoms with Gasteiger partial charge >= 0.3 is 6.18 Å². The van der Waals surface area contributed by atoms with Crippen molar-refractivity contribution < 1.29 is 22.0 Å². The topological polar surface area (TPSA) is 3.24 Å². The fraction of sp³-hybridized carbons (Fsp3) is 0.263. The molecule has 0 bridgehead atoms. The molecule has 1 atom stereocenters. The SMILES string of the molecule is CSC1=CN(c2cccc(F)c2F)CC(c2ccc(C(F)(F)F)cc2)C1. The third-order valence-corrected chi connectivity index (χ3v) is 5.17. The van der Waals surface area contributed by atoms with E-state index in [1.54, 1.807) is 11.1 Å². The van der Waals surface area contributed by atoms with Gasteiger partial charge in [-0.1, -0.05) is 18.2 Å². The molecule has 1 nitrogen and oxygen atoms in total. The van der Waals surface area contributed by atoms with E-state index in [9.17, 15) is 22.0 Å². The highest BCUT2D eigenvalue weighted by Gasteiger charge is 2.31. The lowest BCUT2D eigenvalue weighted by Crippen LogP contribution is -2.29. The Bertz CT molecular complexity index is 814. The van der Waals surface area contributed by atoms with Gasteiger partial charge in [0.1, 0.15) is 0 Å². The van der Waals surface area contributed by atoms with Gasteiger partial charge in [0, 0.05) is 23.6 Å². The second kappa shape index (κ2) is 7.31. The molecule has 0 saturated carbocycles. The van der Waals surface area contributed by atoms with Crippen LogP contribution in [0.4, 0.5) is 27.6 Å². The summed E-state index contributed by atoms with van der Waals surface area (Å²) in [7, 11) is 0. The van der Waals surface area contributed by atoms with Gasteiger partial charge in [0.25, 0.3) is 0 Å². The molecule has 0 spiro atoms. The van der Waals surface area contributed by atoms with Crippen molar-refractivity contribution >= 4 is 17.4 Å². The first-order chi connectivity index (χ1) is 12.3. The number of benzene rings is 2. The van der Waals surface area contributed by atoms with Crippen LogP contribution in [0, 0.1) is 11.6 Å².